The van der Waals surface area contributed by atoms with Crippen molar-refractivity contribution in [2.24, 2.45) is 0 Å². The Kier molecular flexibility index (Phi) is 1.90. The van der Waals surface area contributed by atoms with Gasteiger partial charge in [0.25, 0.3) is 0 Å². The molecule has 2 rings (SSSR count). The molecule has 4 nitrogen and oxygen atoms in total. The third-order valence-corrected chi connectivity index (χ3v) is 1.87. The second kappa shape index (κ2) is 3.06. The van der Waals surface area contributed by atoms with Crippen molar-refractivity contribution in [3.05, 3.63) is 39.8 Å². The van der Waals surface area contributed by atoms with E-state index in [1.807, 2.05) is 0 Å². The highest BCUT2D eigenvalue weighted by atomic mass is 35.5. The van der Waals surface area contributed by atoms with Crippen LogP contribution in [-0.2, 0) is 0 Å². The lowest BCUT2D eigenvalue weighted by molar-refractivity contribution is 1.05. The van der Waals surface area contributed by atoms with Crippen molar-refractivity contribution in [2.75, 3.05) is 0 Å². The molecule has 5 heteroatoms. The molecule has 0 radical (unpaired) electrons. The molecule has 13 heavy (non-hydrogen) atoms. The van der Waals surface area contributed by atoms with Gasteiger partial charge < -0.3 is 0 Å². The first-order chi connectivity index (χ1) is 6.25. The molecule has 66 valence electrons. The lowest BCUT2D eigenvalue weighted by Crippen LogP contribution is -2.00. The molecule has 0 fully saturated rings. The quantitative estimate of drug-likeness (QED) is 0.723. The predicted molar refractivity (Wildman–Crippen MR) is 49.7 cm³/mol. The molecule has 0 aliphatic heterocycles. The van der Waals surface area contributed by atoms with Crippen LogP contribution < -0.4 is 5.69 Å². The van der Waals surface area contributed by atoms with Crippen LogP contribution in [-0.4, -0.2) is 15.2 Å². The van der Waals surface area contributed by atoms with Gasteiger partial charge in [-0.1, -0.05) is 11.6 Å². The molecular formula is C8H6ClN3O. The maximum Gasteiger partial charge on any atom is 0.340 e. The van der Waals surface area contributed by atoms with Gasteiger partial charge in [0.05, 0.1) is 0 Å². The molecule has 1 aromatic heterocycles. The Morgan fingerprint density at radius 1 is 1.23 bits per heavy atom. The summed E-state index contributed by atoms with van der Waals surface area (Å²) in [6.45, 7) is 0. The van der Waals surface area contributed by atoms with Crippen LogP contribution in [0.15, 0.2) is 29.1 Å². The highest BCUT2D eigenvalue weighted by Crippen LogP contribution is 2.15. The van der Waals surface area contributed by atoms with Gasteiger partial charge in [-0.15, -0.1) is 0 Å². The summed E-state index contributed by atoms with van der Waals surface area (Å²) in [5.41, 5.74) is 0.507. The number of aromatic amines is 2. The number of nitrogens with zero attached hydrogens (tertiary/aromatic N) is 1. The van der Waals surface area contributed by atoms with E-state index in [9.17, 15) is 4.79 Å². The zero-order valence-electron chi connectivity index (χ0n) is 6.54. The number of rotatable bonds is 1. The van der Waals surface area contributed by atoms with Crippen molar-refractivity contribution in [2.45, 2.75) is 0 Å². The van der Waals surface area contributed by atoms with E-state index in [0.717, 1.165) is 5.56 Å². The van der Waals surface area contributed by atoms with Crippen LogP contribution in [0.1, 0.15) is 0 Å². The zero-order chi connectivity index (χ0) is 9.26. The fraction of sp³-hybridized carbons (Fsp3) is 0. The van der Waals surface area contributed by atoms with Crippen LogP contribution in [0, 0.1) is 0 Å². The molecule has 0 unspecified atom stereocenters. The number of hydrogen-bond acceptors (Lipinski definition) is 2. The second-order valence-corrected chi connectivity index (χ2v) is 2.97. The highest BCUT2D eigenvalue weighted by Gasteiger charge is 2.00. The Balaban J connectivity index is 2.47. The Hall–Kier alpha value is -1.55. The van der Waals surface area contributed by atoms with Crippen LogP contribution in [0.25, 0.3) is 11.4 Å². The average molecular weight is 196 g/mol. The zero-order valence-corrected chi connectivity index (χ0v) is 7.30. The number of hydrogen-bond donors (Lipinski definition) is 2. The maximum atomic E-state index is 10.7. The van der Waals surface area contributed by atoms with Crippen LogP contribution in [0.2, 0.25) is 5.02 Å². The Morgan fingerprint density at radius 3 is 2.46 bits per heavy atom. The summed E-state index contributed by atoms with van der Waals surface area (Å²) in [6.07, 6.45) is 0. The van der Waals surface area contributed by atoms with Gasteiger partial charge in [-0.25, -0.2) is 9.89 Å². The number of benzene rings is 1. The van der Waals surface area contributed by atoms with Crippen molar-refractivity contribution in [1.82, 2.24) is 15.2 Å². The summed E-state index contributed by atoms with van der Waals surface area (Å²) in [4.78, 5) is 13.3. The largest absolute Gasteiger partial charge is 0.340 e. The van der Waals surface area contributed by atoms with E-state index in [-0.39, 0.29) is 5.69 Å². The molecule has 0 amide bonds. The first-order valence-corrected chi connectivity index (χ1v) is 4.04. The van der Waals surface area contributed by atoms with E-state index in [0.29, 0.717) is 10.8 Å². The van der Waals surface area contributed by atoms with E-state index in [2.05, 4.69) is 15.2 Å². The summed E-state index contributed by atoms with van der Waals surface area (Å²) in [7, 11) is 0. The molecule has 0 spiro atoms. The maximum absolute atomic E-state index is 10.7. The van der Waals surface area contributed by atoms with Gasteiger partial charge >= 0.3 is 5.69 Å². The van der Waals surface area contributed by atoms with E-state index in [1.165, 1.54) is 0 Å². The van der Waals surface area contributed by atoms with E-state index >= 15 is 0 Å². The van der Waals surface area contributed by atoms with Crippen LogP contribution in [0.5, 0.6) is 0 Å². The van der Waals surface area contributed by atoms with Crippen LogP contribution in [0.3, 0.4) is 0 Å². The smallest absolute Gasteiger partial charge is 0.289 e. The number of aromatic nitrogens is 3. The van der Waals surface area contributed by atoms with E-state index < -0.39 is 0 Å². The van der Waals surface area contributed by atoms with Gasteiger partial charge in [-0.2, -0.15) is 5.10 Å². The molecule has 2 N–H and O–H groups in total. The van der Waals surface area contributed by atoms with Gasteiger partial charge in [-0.3, -0.25) is 4.98 Å². The van der Waals surface area contributed by atoms with Crippen molar-refractivity contribution >= 4 is 11.6 Å². The topological polar surface area (TPSA) is 61.5 Å². The lowest BCUT2D eigenvalue weighted by Gasteiger charge is -1.94. The first-order valence-electron chi connectivity index (χ1n) is 3.66. The van der Waals surface area contributed by atoms with Gasteiger partial charge in [0, 0.05) is 10.6 Å². The first kappa shape index (κ1) is 8.07. The molecule has 1 heterocycles. The Bertz CT molecular complexity index is 457. The average Bonchev–Trinajstić information content (AvgIpc) is 2.53. The minimum Gasteiger partial charge on any atom is -0.289 e. The summed E-state index contributed by atoms with van der Waals surface area (Å²) in [6, 6.07) is 7.05. The molecule has 0 bridgehead atoms. The fourth-order valence-corrected chi connectivity index (χ4v) is 1.14. The molecule has 0 atom stereocenters. The minimum absolute atomic E-state index is 0.315. The number of H-pyrrole nitrogens is 2. The molecule has 0 saturated heterocycles. The normalized spacial score (nSPS) is 10.2. The summed E-state index contributed by atoms with van der Waals surface area (Å²) >= 11 is 5.70. The molecular weight excluding hydrogens is 190 g/mol. The van der Waals surface area contributed by atoms with E-state index in [1.54, 1.807) is 24.3 Å². The molecule has 0 aliphatic rings. The van der Waals surface area contributed by atoms with Crippen molar-refractivity contribution < 1.29 is 0 Å². The monoisotopic (exact) mass is 195 g/mol. The number of nitrogens with one attached hydrogen (secondary N) is 2. The minimum atomic E-state index is -0.315. The molecule has 1 aromatic carbocycles. The Morgan fingerprint density at radius 2 is 1.92 bits per heavy atom. The van der Waals surface area contributed by atoms with Gasteiger partial charge in [0.1, 0.15) is 0 Å². The number of halogens is 1. The third-order valence-electron chi connectivity index (χ3n) is 1.62. The third kappa shape index (κ3) is 1.62. The van der Waals surface area contributed by atoms with Gasteiger partial charge in [-0.05, 0) is 24.3 Å². The highest BCUT2D eigenvalue weighted by molar-refractivity contribution is 6.30. The molecule has 2 aromatic rings. The van der Waals surface area contributed by atoms with Crippen molar-refractivity contribution in [3.63, 3.8) is 0 Å². The standard InChI is InChI=1S/C8H6ClN3O/c9-6-3-1-5(2-4-6)7-10-8(13)12-11-7/h1-4H,(H2,10,11,12,13). The molecule has 0 aliphatic carbocycles. The van der Waals surface area contributed by atoms with Gasteiger partial charge in [0.2, 0.25) is 0 Å². The summed E-state index contributed by atoms with van der Waals surface area (Å²) < 4.78 is 0. The van der Waals surface area contributed by atoms with Crippen molar-refractivity contribution in [1.29, 1.82) is 0 Å². The van der Waals surface area contributed by atoms with Crippen LogP contribution >= 0.6 is 11.6 Å². The fourth-order valence-electron chi connectivity index (χ4n) is 1.01. The van der Waals surface area contributed by atoms with Crippen LogP contribution in [0.4, 0.5) is 0 Å². The SMILES string of the molecule is O=c1[nH]nc(-c2ccc(Cl)cc2)[nH]1. The summed E-state index contributed by atoms with van der Waals surface area (Å²) in [5.74, 6) is 0.515. The van der Waals surface area contributed by atoms with E-state index in [4.69, 9.17) is 11.6 Å². The second-order valence-electron chi connectivity index (χ2n) is 2.53. The van der Waals surface area contributed by atoms with Gasteiger partial charge in [0.15, 0.2) is 5.82 Å². The molecule has 0 saturated carbocycles. The lowest BCUT2D eigenvalue weighted by atomic mass is 10.2. The predicted octanol–water partition coefficient (Wildman–Crippen LogP) is 1.42. The van der Waals surface area contributed by atoms with Crippen molar-refractivity contribution in [3.8, 4) is 11.4 Å². The summed E-state index contributed by atoms with van der Waals surface area (Å²) in [5, 5.41) is 6.72. The Labute approximate surface area is 78.6 Å².